The largest absolute Gasteiger partial charge is 0.454 e. The summed E-state index contributed by atoms with van der Waals surface area (Å²) in [6.45, 7) is 2.42. The number of rotatable bonds is 6. The first-order valence-electron chi connectivity index (χ1n) is 10.4. The van der Waals surface area contributed by atoms with E-state index in [1.165, 1.54) is 49.4 Å². The van der Waals surface area contributed by atoms with Crippen molar-refractivity contribution in [3.63, 3.8) is 0 Å². The van der Waals surface area contributed by atoms with Crippen LogP contribution in [0.25, 0.3) is 0 Å². The van der Waals surface area contributed by atoms with E-state index in [1.807, 2.05) is 0 Å². The normalized spacial score (nSPS) is 12.4. The summed E-state index contributed by atoms with van der Waals surface area (Å²) in [4.78, 5) is 62.8. The number of Topliss-reactive ketones (excluding diaryl/α,β-unsaturated/α-hetero) is 1. The maximum Gasteiger partial charge on any atom is 0.338 e. The number of carbonyl (C=O) groups excluding carboxylic acids is 5. The Balaban J connectivity index is 1.47. The van der Waals surface area contributed by atoms with E-state index >= 15 is 0 Å². The molecule has 0 saturated carbocycles. The highest BCUT2D eigenvalue weighted by molar-refractivity contribution is 6.36. The van der Waals surface area contributed by atoms with Crippen molar-refractivity contribution < 1.29 is 33.4 Å². The summed E-state index contributed by atoms with van der Waals surface area (Å²) in [6, 6.07) is 14.7. The van der Waals surface area contributed by atoms with Crippen molar-refractivity contribution in [3.05, 3.63) is 93.5 Å². The number of ether oxygens (including phenoxy) is 2. The van der Waals surface area contributed by atoms with Gasteiger partial charge in [0.2, 0.25) is 0 Å². The van der Waals surface area contributed by atoms with Gasteiger partial charge < -0.3 is 9.47 Å². The number of hydrogen-bond donors (Lipinski definition) is 0. The Morgan fingerprint density at radius 1 is 0.886 bits per heavy atom. The molecular formula is C26H18ClNO7. The molecule has 0 saturated heterocycles. The van der Waals surface area contributed by atoms with Gasteiger partial charge in [0.15, 0.2) is 12.4 Å². The molecule has 0 spiro atoms. The number of nitrogens with zero attached hydrogens (tertiary/aromatic N) is 1. The van der Waals surface area contributed by atoms with Crippen molar-refractivity contribution in [2.24, 2.45) is 0 Å². The fourth-order valence-corrected chi connectivity index (χ4v) is 3.77. The van der Waals surface area contributed by atoms with Crippen molar-refractivity contribution in [2.45, 2.75) is 13.8 Å². The second kappa shape index (κ2) is 9.52. The van der Waals surface area contributed by atoms with Crippen LogP contribution in [0.2, 0.25) is 5.02 Å². The lowest BCUT2D eigenvalue weighted by Crippen LogP contribution is -2.30. The lowest BCUT2D eigenvalue weighted by molar-refractivity contribution is -0.131. The molecule has 35 heavy (non-hydrogen) atoms. The maximum absolute atomic E-state index is 13.0. The summed E-state index contributed by atoms with van der Waals surface area (Å²) in [6.07, 6.45) is 0. The topological polar surface area (TPSA) is 107 Å². The summed E-state index contributed by atoms with van der Waals surface area (Å²) in [5, 5.41) is 0.411. The van der Waals surface area contributed by atoms with Crippen LogP contribution in [0, 0.1) is 6.92 Å². The molecule has 0 aromatic heterocycles. The highest BCUT2D eigenvalue weighted by Gasteiger charge is 2.38. The molecule has 1 aliphatic heterocycles. The van der Waals surface area contributed by atoms with Crippen LogP contribution in [0.5, 0.6) is 5.75 Å². The minimum absolute atomic E-state index is 0.0209. The van der Waals surface area contributed by atoms with Gasteiger partial charge in [0.25, 0.3) is 11.8 Å². The highest BCUT2D eigenvalue weighted by Crippen LogP contribution is 2.33. The van der Waals surface area contributed by atoms with Crippen LogP contribution in [0.4, 0.5) is 5.69 Å². The molecule has 1 heterocycles. The average Bonchev–Trinajstić information content (AvgIpc) is 3.08. The molecule has 2 amide bonds. The number of halogens is 1. The number of imide groups is 1. The van der Waals surface area contributed by atoms with Crippen molar-refractivity contribution >= 4 is 46.8 Å². The van der Waals surface area contributed by atoms with Crippen molar-refractivity contribution in [1.29, 1.82) is 0 Å². The molecule has 0 radical (unpaired) electrons. The van der Waals surface area contributed by atoms with Gasteiger partial charge in [0.1, 0.15) is 5.75 Å². The predicted octanol–water partition coefficient (Wildman–Crippen LogP) is 4.41. The van der Waals surface area contributed by atoms with Crippen LogP contribution in [0.1, 0.15) is 53.9 Å². The third-order valence-electron chi connectivity index (χ3n) is 5.37. The molecule has 0 N–H and O–H groups in total. The fraction of sp³-hybridized carbons (Fsp3) is 0.115. The third kappa shape index (κ3) is 4.69. The Kier molecular flexibility index (Phi) is 6.48. The van der Waals surface area contributed by atoms with Gasteiger partial charge in [-0.3, -0.25) is 19.2 Å². The zero-order valence-electron chi connectivity index (χ0n) is 18.7. The quantitative estimate of drug-likeness (QED) is 0.217. The first-order valence-corrected chi connectivity index (χ1v) is 10.8. The minimum atomic E-state index is -0.824. The number of fused-ring (bicyclic) bond motifs is 1. The molecule has 8 nitrogen and oxygen atoms in total. The lowest BCUT2D eigenvalue weighted by atomic mass is 10.1. The smallest absolute Gasteiger partial charge is 0.338 e. The number of ketones is 1. The zero-order valence-corrected chi connectivity index (χ0v) is 19.4. The molecule has 3 aromatic rings. The second-order valence-corrected chi connectivity index (χ2v) is 8.11. The monoisotopic (exact) mass is 491 g/mol. The minimum Gasteiger partial charge on any atom is -0.454 e. The summed E-state index contributed by atoms with van der Waals surface area (Å²) in [5.74, 6) is -2.61. The predicted molar refractivity (Wildman–Crippen MR) is 126 cm³/mol. The van der Waals surface area contributed by atoms with Gasteiger partial charge in [-0.15, -0.1) is 0 Å². The molecule has 176 valence electrons. The van der Waals surface area contributed by atoms with Crippen molar-refractivity contribution in [2.75, 3.05) is 11.5 Å². The van der Waals surface area contributed by atoms with E-state index in [9.17, 15) is 24.0 Å². The first-order chi connectivity index (χ1) is 16.7. The molecule has 4 rings (SSSR count). The summed E-state index contributed by atoms with van der Waals surface area (Å²) in [7, 11) is 0. The van der Waals surface area contributed by atoms with Crippen LogP contribution in [0.3, 0.4) is 0 Å². The zero-order chi connectivity index (χ0) is 25.3. The van der Waals surface area contributed by atoms with E-state index in [4.69, 9.17) is 21.1 Å². The number of carbonyl (C=O) groups is 5. The molecule has 9 heteroatoms. The number of hydrogen-bond acceptors (Lipinski definition) is 7. The van der Waals surface area contributed by atoms with E-state index in [0.29, 0.717) is 16.3 Å². The Bertz CT molecular complexity index is 1400. The van der Waals surface area contributed by atoms with Crippen LogP contribution in [-0.4, -0.2) is 36.1 Å². The fourth-order valence-electron chi connectivity index (χ4n) is 3.60. The molecule has 0 unspecified atom stereocenters. The lowest BCUT2D eigenvalue weighted by Gasteiger charge is -2.17. The average molecular weight is 492 g/mol. The second-order valence-electron chi connectivity index (χ2n) is 7.71. The van der Waals surface area contributed by atoms with Crippen LogP contribution in [-0.2, 0) is 9.53 Å². The Hall–Kier alpha value is -4.30. The van der Waals surface area contributed by atoms with Gasteiger partial charge in [-0.2, -0.15) is 0 Å². The summed E-state index contributed by atoms with van der Waals surface area (Å²) >= 11 is 6.14. The van der Waals surface area contributed by atoms with E-state index in [-0.39, 0.29) is 28.0 Å². The Morgan fingerprint density at radius 3 is 2.23 bits per heavy atom. The summed E-state index contributed by atoms with van der Waals surface area (Å²) < 4.78 is 10.0. The number of esters is 2. The van der Waals surface area contributed by atoms with Gasteiger partial charge in [-0.25, -0.2) is 9.69 Å². The van der Waals surface area contributed by atoms with Crippen molar-refractivity contribution in [1.82, 2.24) is 0 Å². The van der Waals surface area contributed by atoms with E-state index < -0.39 is 36.1 Å². The molecule has 1 aliphatic rings. The molecule has 0 aliphatic carbocycles. The van der Waals surface area contributed by atoms with E-state index in [0.717, 1.165) is 4.90 Å². The van der Waals surface area contributed by atoms with Gasteiger partial charge in [-0.1, -0.05) is 17.7 Å². The third-order valence-corrected chi connectivity index (χ3v) is 5.78. The van der Waals surface area contributed by atoms with Crippen LogP contribution < -0.4 is 9.64 Å². The highest BCUT2D eigenvalue weighted by atomic mass is 35.5. The van der Waals surface area contributed by atoms with E-state index in [1.54, 1.807) is 25.1 Å². The number of benzene rings is 3. The standard InChI is InChI=1S/C26H18ClNO7/c1-14-21(27)4-3-5-22(14)28-24(31)19-11-8-17(12-20(19)25(28)32)26(33)34-13-23(30)16-6-9-18(10-7-16)35-15(2)29/h3-12H,13H2,1-2H3. The Labute approximate surface area is 205 Å². The van der Waals surface area contributed by atoms with Gasteiger partial charge in [-0.05, 0) is 67.1 Å². The molecule has 0 atom stereocenters. The molecule has 3 aromatic carbocycles. The van der Waals surface area contributed by atoms with Crippen LogP contribution >= 0.6 is 11.6 Å². The van der Waals surface area contributed by atoms with Gasteiger partial charge >= 0.3 is 11.9 Å². The van der Waals surface area contributed by atoms with Crippen molar-refractivity contribution in [3.8, 4) is 5.75 Å². The van der Waals surface area contributed by atoms with Gasteiger partial charge in [0.05, 0.1) is 22.4 Å². The SMILES string of the molecule is CC(=O)Oc1ccc(C(=O)COC(=O)c2ccc3c(c2)C(=O)N(c2cccc(Cl)c2C)C3=O)cc1. The number of anilines is 1. The maximum atomic E-state index is 13.0. The summed E-state index contributed by atoms with van der Waals surface area (Å²) in [5.41, 5.74) is 1.41. The molecule has 0 bridgehead atoms. The van der Waals surface area contributed by atoms with Crippen LogP contribution in [0.15, 0.2) is 60.7 Å². The first kappa shape index (κ1) is 23.8. The number of amides is 2. The Morgan fingerprint density at radius 2 is 1.54 bits per heavy atom. The van der Waals surface area contributed by atoms with Gasteiger partial charge in [0, 0.05) is 17.5 Å². The molecular weight excluding hydrogens is 474 g/mol. The molecule has 0 fully saturated rings. The van der Waals surface area contributed by atoms with E-state index in [2.05, 4.69) is 0 Å².